The number of hydrogen-bond donors (Lipinski definition) is 0. The number of fused-ring (bicyclic) bond motifs is 1. The van der Waals surface area contributed by atoms with Gasteiger partial charge < -0.3 is 9.64 Å². The Morgan fingerprint density at radius 3 is 2.44 bits per heavy atom. The molecule has 4 rings (SSSR count). The zero-order valence-corrected chi connectivity index (χ0v) is 15.5. The molecule has 1 aliphatic rings. The second-order valence-electron chi connectivity index (χ2n) is 7.06. The van der Waals surface area contributed by atoms with Crippen LogP contribution in [0.15, 0.2) is 72.9 Å². The number of carbonyl (C=O) groups is 1. The van der Waals surface area contributed by atoms with Gasteiger partial charge in [0.05, 0.1) is 5.56 Å². The van der Waals surface area contributed by atoms with Crippen LogP contribution in [0.2, 0.25) is 0 Å². The monoisotopic (exact) mass is 358 g/mol. The number of ether oxygens (including phenoxy) is 1. The molecule has 4 nitrogen and oxygen atoms in total. The van der Waals surface area contributed by atoms with Gasteiger partial charge in [0, 0.05) is 18.3 Å². The summed E-state index contributed by atoms with van der Waals surface area (Å²) >= 11 is 0. The Morgan fingerprint density at radius 1 is 1.00 bits per heavy atom. The predicted molar refractivity (Wildman–Crippen MR) is 106 cm³/mol. The van der Waals surface area contributed by atoms with Gasteiger partial charge in [-0.15, -0.1) is 0 Å². The second kappa shape index (κ2) is 7.23. The summed E-state index contributed by atoms with van der Waals surface area (Å²) in [5.74, 6) is 0.986. The maximum absolute atomic E-state index is 12.3. The summed E-state index contributed by atoms with van der Waals surface area (Å²) in [6.07, 6.45) is 1.28. The molecule has 1 atom stereocenters. The average molecular weight is 358 g/mol. The minimum Gasteiger partial charge on any atom is -0.433 e. The maximum Gasteiger partial charge on any atom is 0.340 e. The molecule has 27 heavy (non-hydrogen) atoms. The van der Waals surface area contributed by atoms with Gasteiger partial charge in [-0.05, 0) is 35.2 Å². The summed E-state index contributed by atoms with van der Waals surface area (Å²) in [4.78, 5) is 18.8. The van der Waals surface area contributed by atoms with Crippen molar-refractivity contribution in [2.75, 3.05) is 4.90 Å². The summed E-state index contributed by atoms with van der Waals surface area (Å²) in [5.41, 5.74) is 3.96. The first kappa shape index (κ1) is 17.3. The summed E-state index contributed by atoms with van der Waals surface area (Å²) in [6.45, 7) is 4.97. The summed E-state index contributed by atoms with van der Waals surface area (Å²) in [5, 5.41) is 0. The predicted octanol–water partition coefficient (Wildman–Crippen LogP) is 5.08. The van der Waals surface area contributed by atoms with E-state index in [-0.39, 0.29) is 5.97 Å². The Balaban J connectivity index is 1.70. The smallest absolute Gasteiger partial charge is 0.340 e. The quantitative estimate of drug-likeness (QED) is 0.597. The molecule has 2 heterocycles. The molecule has 0 bridgehead atoms. The number of pyridine rings is 1. The van der Waals surface area contributed by atoms with Gasteiger partial charge in [-0.2, -0.15) is 0 Å². The van der Waals surface area contributed by atoms with E-state index in [0.29, 0.717) is 18.0 Å². The van der Waals surface area contributed by atoms with Crippen molar-refractivity contribution in [3.05, 3.63) is 95.2 Å². The molecule has 0 amide bonds. The third-order valence-electron chi connectivity index (χ3n) is 4.89. The molecule has 0 radical (unpaired) electrons. The van der Waals surface area contributed by atoms with Crippen LogP contribution in [-0.4, -0.2) is 11.0 Å². The van der Waals surface area contributed by atoms with Crippen LogP contribution in [0.1, 0.15) is 53.0 Å². The van der Waals surface area contributed by atoms with Crippen molar-refractivity contribution in [2.24, 2.45) is 0 Å². The molecule has 4 heteroatoms. The fourth-order valence-electron chi connectivity index (χ4n) is 3.37. The van der Waals surface area contributed by atoms with Crippen LogP contribution in [0, 0.1) is 0 Å². The standard InChI is InChI=1S/C23H22N2O2/c1-16(2)18-12-10-17(11-13-18)15-25(21-9-5-6-14-24-21)22-19-7-3-4-8-20(19)23(26)27-22/h3-14,16,22H,15H2,1-2H3. The average Bonchev–Trinajstić information content (AvgIpc) is 3.04. The van der Waals surface area contributed by atoms with Gasteiger partial charge in [0.15, 0.2) is 0 Å². The molecule has 136 valence electrons. The Morgan fingerprint density at radius 2 is 1.74 bits per heavy atom. The van der Waals surface area contributed by atoms with E-state index in [0.717, 1.165) is 16.9 Å². The number of nitrogens with zero attached hydrogens (tertiary/aromatic N) is 2. The molecule has 0 N–H and O–H groups in total. The number of anilines is 1. The number of cyclic esters (lactones) is 1. The Kier molecular flexibility index (Phi) is 4.63. The zero-order chi connectivity index (χ0) is 18.8. The van der Waals surface area contributed by atoms with E-state index in [9.17, 15) is 4.79 Å². The van der Waals surface area contributed by atoms with Crippen LogP contribution >= 0.6 is 0 Å². The van der Waals surface area contributed by atoms with Crippen molar-refractivity contribution >= 4 is 11.8 Å². The van der Waals surface area contributed by atoms with E-state index in [1.54, 1.807) is 6.20 Å². The number of aromatic nitrogens is 1. The lowest BCUT2D eigenvalue weighted by Crippen LogP contribution is -2.29. The van der Waals surface area contributed by atoms with Gasteiger partial charge in [0.1, 0.15) is 5.82 Å². The van der Waals surface area contributed by atoms with Crippen molar-refractivity contribution < 1.29 is 9.53 Å². The van der Waals surface area contributed by atoms with Crippen LogP contribution in [0.5, 0.6) is 0 Å². The first-order valence-electron chi connectivity index (χ1n) is 9.20. The van der Waals surface area contributed by atoms with E-state index in [2.05, 4.69) is 43.1 Å². The Bertz CT molecular complexity index is 936. The zero-order valence-electron chi connectivity index (χ0n) is 15.5. The summed E-state index contributed by atoms with van der Waals surface area (Å²) < 4.78 is 5.73. The van der Waals surface area contributed by atoms with E-state index in [1.165, 1.54) is 5.56 Å². The molecule has 2 aromatic carbocycles. The van der Waals surface area contributed by atoms with Crippen molar-refractivity contribution in [1.29, 1.82) is 0 Å². The Hall–Kier alpha value is -3.14. The number of benzene rings is 2. The highest BCUT2D eigenvalue weighted by Gasteiger charge is 2.35. The first-order chi connectivity index (χ1) is 13.1. The minimum atomic E-state index is -0.478. The van der Waals surface area contributed by atoms with Gasteiger partial charge >= 0.3 is 5.97 Å². The molecule has 1 unspecified atom stereocenters. The summed E-state index contributed by atoms with van der Waals surface area (Å²) in [6, 6.07) is 21.9. The SMILES string of the molecule is CC(C)c1ccc(CN(c2ccccn2)C2OC(=O)c3ccccc32)cc1. The van der Waals surface area contributed by atoms with Gasteiger partial charge in [-0.3, -0.25) is 0 Å². The highest BCUT2D eigenvalue weighted by molar-refractivity contribution is 5.94. The lowest BCUT2D eigenvalue weighted by Gasteiger charge is -2.29. The third kappa shape index (κ3) is 3.43. The minimum absolute atomic E-state index is 0.285. The topological polar surface area (TPSA) is 42.4 Å². The van der Waals surface area contributed by atoms with Crippen LogP contribution in [0.4, 0.5) is 5.82 Å². The number of hydrogen-bond acceptors (Lipinski definition) is 4. The fraction of sp³-hybridized carbons (Fsp3) is 0.217. The van der Waals surface area contributed by atoms with Crippen molar-refractivity contribution in [1.82, 2.24) is 4.98 Å². The van der Waals surface area contributed by atoms with Crippen LogP contribution < -0.4 is 4.90 Å². The maximum atomic E-state index is 12.3. The van der Waals surface area contributed by atoms with E-state index in [1.807, 2.05) is 47.4 Å². The number of rotatable bonds is 5. The van der Waals surface area contributed by atoms with Gasteiger partial charge in [-0.1, -0.05) is 62.4 Å². The molecule has 1 aliphatic heterocycles. The van der Waals surface area contributed by atoms with Crippen LogP contribution in [-0.2, 0) is 11.3 Å². The number of esters is 1. The Labute approximate surface area is 159 Å². The second-order valence-corrected chi connectivity index (χ2v) is 7.06. The van der Waals surface area contributed by atoms with Crippen molar-refractivity contribution in [3.63, 3.8) is 0 Å². The van der Waals surface area contributed by atoms with Gasteiger partial charge in [0.25, 0.3) is 0 Å². The van der Waals surface area contributed by atoms with Crippen molar-refractivity contribution in [3.8, 4) is 0 Å². The summed E-state index contributed by atoms with van der Waals surface area (Å²) in [7, 11) is 0. The van der Waals surface area contributed by atoms with E-state index in [4.69, 9.17) is 4.74 Å². The molecule has 0 aliphatic carbocycles. The fourth-order valence-corrected chi connectivity index (χ4v) is 3.37. The third-order valence-corrected chi connectivity index (χ3v) is 4.89. The molecule has 0 fully saturated rings. The van der Waals surface area contributed by atoms with Gasteiger partial charge in [-0.25, -0.2) is 9.78 Å². The first-order valence-corrected chi connectivity index (χ1v) is 9.20. The lowest BCUT2D eigenvalue weighted by molar-refractivity contribution is 0.0373. The number of carbonyl (C=O) groups excluding carboxylic acids is 1. The van der Waals surface area contributed by atoms with E-state index >= 15 is 0 Å². The lowest BCUT2D eigenvalue weighted by atomic mass is 10.0. The normalized spacial score (nSPS) is 15.5. The molecule has 0 saturated carbocycles. The molecule has 3 aromatic rings. The highest BCUT2D eigenvalue weighted by atomic mass is 16.6. The van der Waals surface area contributed by atoms with Crippen LogP contribution in [0.3, 0.4) is 0 Å². The molecule has 1 aromatic heterocycles. The molecular formula is C23H22N2O2. The highest BCUT2D eigenvalue weighted by Crippen LogP contribution is 2.36. The molecule has 0 spiro atoms. The van der Waals surface area contributed by atoms with Crippen molar-refractivity contribution in [2.45, 2.75) is 32.5 Å². The molecular weight excluding hydrogens is 336 g/mol. The van der Waals surface area contributed by atoms with Gasteiger partial charge in [0.2, 0.25) is 6.23 Å². The largest absolute Gasteiger partial charge is 0.433 e. The molecule has 0 saturated heterocycles. The van der Waals surface area contributed by atoms with Crippen LogP contribution in [0.25, 0.3) is 0 Å². The van der Waals surface area contributed by atoms with E-state index < -0.39 is 6.23 Å².